The molecule has 0 unspecified atom stereocenters. The highest BCUT2D eigenvalue weighted by Crippen LogP contribution is 2.18. The summed E-state index contributed by atoms with van der Waals surface area (Å²) in [5, 5.41) is 8.83. The zero-order valence-corrected chi connectivity index (χ0v) is 10.5. The lowest BCUT2D eigenvalue weighted by Crippen LogP contribution is -2.06. The summed E-state index contributed by atoms with van der Waals surface area (Å²) in [6.45, 7) is 0.502. The van der Waals surface area contributed by atoms with Crippen molar-refractivity contribution in [3.63, 3.8) is 0 Å². The Bertz CT molecular complexity index is 540. The maximum Gasteiger partial charge on any atom is 0.307 e. The Balaban J connectivity index is 1.94. The number of pyridine rings is 1. The minimum absolute atomic E-state index is 0.0247. The van der Waals surface area contributed by atoms with Gasteiger partial charge in [-0.25, -0.2) is 0 Å². The predicted octanol–water partition coefficient (Wildman–Crippen LogP) is 2.33. The van der Waals surface area contributed by atoms with E-state index < -0.39 is 5.97 Å². The van der Waals surface area contributed by atoms with Gasteiger partial charge >= 0.3 is 5.97 Å². The van der Waals surface area contributed by atoms with Crippen LogP contribution < -0.4 is 4.74 Å². The number of para-hydroxylation sites is 1. The van der Waals surface area contributed by atoms with Crippen LogP contribution in [0, 0.1) is 0 Å². The zero-order chi connectivity index (χ0) is 13.5. The van der Waals surface area contributed by atoms with Crippen LogP contribution in [0.5, 0.6) is 5.75 Å². The summed E-state index contributed by atoms with van der Waals surface area (Å²) in [7, 11) is 0. The van der Waals surface area contributed by atoms with E-state index >= 15 is 0 Å². The lowest BCUT2D eigenvalue weighted by Gasteiger charge is -2.10. The molecule has 1 aromatic carbocycles. The zero-order valence-electron chi connectivity index (χ0n) is 10.5. The fourth-order valence-corrected chi connectivity index (χ4v) is 1.78. The summed E-state index contributed by atoms with van der Waals surface area (Å²) in [6, 6.07) is 11.1. The van der Waals surface area contributed by atoms with Gasteiger partial charge in [0.2, 0.25) is 0 Å². The first kappa shape index (κ1) is 13.1. The number of aliphatic carboxylic acids is 1. The van der Waals surface area contributed by atoms with E-state index in [4.69, 9.17) is 9.84 Å². The van der Waals surface area contributed by atoms with E-state index in [0.29, 0.717) is 17.9 Å². The van der Waals surface area contributed by atoms with Gasteiger partial charge in [0.15, 0.2) is 0 Å². The number of hydrogen-bond acceptors (Lipinski definition) is 3. The lowest BCUT2D eigenvalue weighted by atomic mass is 10.1. The normalized spacial score (nSPS) is 10.1. The standard InChI is InChI=1S/C15H15NO3/c17-15(18)10-13-5-1-2-6-14(13)19-9-7-12-4-3-8-16-11-12/h1-6,8,11H,7,9-10H2,(H,17,18). The summed E-state index contributed by atoms with van der Waals surface area (Å²) >= 11 is 0. The molecule has 0 amide bonds. The molecule has 1 aromatic heterocycles. The highest BCUT2D eigenvalue weighted by Gasteiger charge is 2.07. The molecule has 0 radical (unpaired) electrons. The van der Waals surface area contributed by atoms with E-state index in [2.05, 4.69) is 4.98 Å². The van der Waals surface area contributed by atoms with E-state index in [1.807, 2.05) is 24.3 Å². The van der Waals surface area contributed by atoms with Crippen LogP contribution in [0.1, 0.15) is 11.1 Å². The molecular weight excluding hydrogens is 242 g/mol. The molecule has 2 rings (SSSR count). The molecule has 98 valence electrons. The van der Waals surface area contributed by atoms with Gasteiger partial charge in [-0.1, -0.05) is 24.3 Å². The molecule has 2 aromatic rings. The average Bonchev–Trinajstić information content (AvgIpc) is 2.41. The molecule has 19 heavy (non-hydrogen) atoms. The summed E-state index contributed by atoms with van der Waals surface area (Å²) < 4.78 is 5.65. The fraction of sp³-hybridized carbons (Fsp3) is 0.200. The fourth-order valence-electron chi connectivity index (χ4n) is 1.78. The SMILES string of the molecule is O=C(O)Cc1ccccc1OCCc1cccnc1. The van der Waals surface area contributed by atoms with Crippen LogP contribution in [-0.2, 0) is 17.6 Å². The lowest BCUT2D eigenvalue weighted by molar-refractivity contribution is -0.136. The van der Waals surface area contributed by atoms with Crippen molar-refractivity contribution in [3.8, 4) is 5.75 Å². The molecule has 0 aliphatic rings. The molecule has 1 N–H and O–H groups in total. The highest BCUT2D eigenvalue weighted by atomic mass is 16.5. The Hall–Kier alpha value is -2.36. The smallest absolute Gasteiger partial charge is 0.307 e. The van der Waals surface area contributed by atoms with Crippen molar-refractivity contribution < 1.29 is 14.6 Å². The van der Waals surface area contributed by atoms with Crippen molar-refractivity contribution >= 4 is 5.97 Å². The largest absolute Gasteiger partial charge is 0.493 e. The van der Waals surface area contributed by atoms with Crippen LogP contribution >= 0.6 is 0 Å². The molecule has 0 aliphatic carbocycles. The summed E-state index contributed by atoms with van der Waals surface area (Å²) in [5.41, 5.74) is 1.79. The van der Waals surface area contributed by atoms with Gasteiger partial charge in [-0.2, -0.15) is 0 Å². The van der Waals surface area contributed by atoms with Crippen molar-refractivity contribution in [3.05, 3.63) is 59.9 Å². The number of carboxylic acid groups (broad SMARTS) is 1. The van der Waals surface area contributed by atoms with Crippen LogP contribution in [0.2, 0.25) is 0 Å². The van der Waals surface area contributed by atoms with Crippen LogP contribution in [0.25, 0.3) is 0 Å². The average molecular weight is 257 g/mol. The van der Waals surface area contributed by atoms with Crippen LogP contribution in [0.3, 0.4) is 0 Å². The van der Waals surface area contributed by atoms with Crippen LogP contribution in [0.4, 0.5) is 0 Å². The number of rotatable bonds is 6. The monoisotopic (exact) mass is 257 g/mol. The van der Waals surface area contributed by atoms with E-state index in [9.17, 15) is 4.79 Å². The molecular formula is C15H15NO3. The molecule has 0 bridgehead atoms. The Kier molecular flexibility index (Phi) is 4.50. The second-order valence-electron chi connectivity index (χ2n) is 4.14. The van der Waals surface area contributed by atoms with Crippen LogP contribution in [0.15, 0.2) is 48.8 Å². The summed E-state index contributed by atoms with van der Waals surface area (Å²) in [5.74, 6) is -0.225. The van der Waals surface area contributed by atoms with Crippen molar-refractivity contribution in [2.45, 2.75) is 12.8 Å². The first-order valence-electron chi connectivity index (χ1n) is 6.07. The van der Waals surface area contributed by atoms with Gasteiger partial charge < -0.3 is 9.84 Å². The maximum absolute atomic E-state index is 10.8. The number of hydrogen-bond donors (Lipinski definition) is 1. The van der Waals surface area contributed by atoms with Gasteiger partial charge in [0.05, 0.1) is 13.0 Å². The van der Waals surface area contributed by atoms with Crippen LogP contribution in [-0.4, -0.2) is 22.7 Å². The molecule has 0 saturated carbocycles. The minimum atomic E-state index is -0.858. The third kappa shape index (κ3) is 4.10. The van der Waals surface area contributed by atoms with Gasteiger partial charge in [-0.05, 0) is 17.7 Å². The topological polar surface area (TPSA) is 59.4 Å². The number of ether oxygens (including phenoxy) is 1. The number of carbonyl (C=O) groups is 1. The molecule has 0 aliphatic heterocycles. The van der Waals surface area contributed by atoms with E-state index in [0.717, 1.165) is 12.0 Å². The highest BCUT2D eigenvalue weighted by molar-refractivity contribution is 5.71. The second-order valence-corrected chi connectivity index (χ2v) is 4.14. The van der Waals surface area contributed by atoms with Gasteiger partial charge in [-0.3, -0.25) is 9.78 Å². The summed E-state index contributed by atoms with van der Waals surface area (Å²) in [4.78, 5) is 14.8. The second kappa shape index (κ2) is 6.54. The van der Waals surface area contributed by atoms with Gasteiger partial charge in [0.25, 0.3) is 0 Å². The van der Waals surface area contributed by atoms with Crippen molar-refractivity contribution in [2.75, 3.05) is 6.61 Å². The molecule has 1 heterocycles. The quantitative estimate of drug-likeness (QED) is 0.862. The molecule has 4 nitrogen and oxygen atoms in total. The molecule has 0 fully saturated rings. The Labute approximate surface area is 111 Å². The van der Waals surface area contributed by atoms with E-state index in [1.165, 1.54) is 0 Å². The van der Waals surface area contributed by atoms with Crippen molar-refractivity contribution in [1.82, 2.24) is 4.98 Å². The van der Waals surface area contributed by atoms with E-state index in [-0.39, 0.29) is 6.42 Å². The number of nitrogens with zero attached hydrogens (tertiary/aromatic N) is 1. The van der Waals surface area contributed by atoms with Gasteiger partial charge in [0.1, 0.15) is 5.75 Å². The number of carboxylic acids is 1. The first-order chi connectivity index (χ1) is 9.25. The van der Waals surface area contributed by atoms with Gasteiger partial charge in [0, 0.05) is 24.4 Å². The summed E-state index contributed by atoms with van der Waals surface area (Å²) in [6.07, 6.45) is 4.25. The maximum atomic E-state index is 10.8. The van der Waals surface area contributed by atoms with Gasteiger partial charge in [-0.15, -0.1) is 0 Å². The van der Waals surface area contributed by atoms with Crippen molar-refractivity contribution in [2.24, 2.45) is 0 Å². The molecule has 0 spiro atoms. The molecule has 4 heteroatoms. The first-order valence-corrected chi connectivity index (χ1v) is 6.07. The Morgan fingerprint density at radius 1 is 1.21 bits per heavy atom. The number of benzene rings is 1. The minimum Gasteiger partial charge on any atom is -0.493 e. The third-order valence-electron chi connectivity index (χ3n) is 2.69. The Morgan fingerprint density at radius 3 is 2.79 bits per heavy atom. The Morgan fingerprint density at radius 2 is 2.05 bits per heavy atom. The third-order valence-corrected chi connectivity index (χ3v) is 2.69. The number of aromatic nitrogens is 1. The molecule has 0 atom stereocenters. The van der Waals surface area contributed by atoms with E-state index in [1.54, 1.807) is 24.5 Å². The predicted molar refractivity (Wildman–Crippen MR) is 71.2 cm³/mol. The van der Waals surface area contributed by atoms with Crippen molar-refractivity contribution in [1.29, 1.82) is 0 Å². The molecule has 0 saturated heterocycles.